The van der Waals surface area contributed by atoms with Gasteiger partial charge in [0.05, 0.1) is 12.2 Å². The van der Waals surface area contributed by atoms with Crippen LogP contribution in [-0.2, 0) is 13.1 Å². The summed E-state index contributed by atoms with van der Waals surface area (Å²) in [6, 6.07) is 1.96. The van der Waals surface area contributed by atoms with Gasteiger partial charge in [-0.2, -0.15) is 0 Å². The van der Waals surface area contributed by atoms with Gasteiger partial charge in [-0.15, -0.1) is 0 Å². The Balaban J connectivity index is 2.50. The number of nitrogens with one attached hydrogen (secondary N) is 1. The molecular formula is C11H20N4. The molecule has 0 aliphatic rings. The fourth-order valence-electron chi connectivity index (χ4n) is 1.29. The Bertz CT molecular complexity index is 286. The van der Waals surface area contributed by atoms with Crippen molar-refractivity contribution in [3.63, 3.8) is 0 Å². The van der Waals surface area contributed by atoms with Crippen molar-refractivity contribution in [2.45, 2.75) is 26.4 Å². The SMILES string of the molecule is CCCNCc1ccnc(CN(C)C)n1. The van der Waals surface area contributed by atoms with Crippen molar-refractivity contribution in [3.05, 3.63) is 23.8 Å². The van der Waals surface area contributed by atoms with Gasteiger partial charge in [-0.25, -0.2) is 9.97 Å². The number of aromatic nitrogens is 2. The van der Waals surface area contributed by atoms with Gasteiger partial charge in [-0.3, -0.25) is 0 Å². The van der Waals surface area contributed by atoms with Crippen molar-refractivity contribution in [2.75, 3.05) is 20.6 Å². The molecule has 1 N–H and O–H groups in total. The predicted molar refractivity (Wildman–Crippen MR) is 61.4 cm³/mol. The second-order valence-electron chi connectivity index (χ2n) is 3.88. The van der Waals surface area contributed by atoms with E-state index in [1.54, 1.807) is 0 Å². The first-order valence-electron chi connectivity index (χ1n) is 5.38. The molecule has 1 heterocycles. The minimum atomic E-state index is 0.793. The number of hydrogen-bond acceptors (Lipinski definition) is 4. The van der Waals surface area contributed by atoms with Crippen LogP contribution in [0.4, 0.5) is 0 Å². The van der Waals surface area contributed by atoms with E-state index in [1.807, 2.05) is 26.4 Å². The summed E-state index contributed by atoms with van der Waals surface area (Å²) in [6.45, 7) is 4.82. The molecule has 0 aliphatic heterocycles. The molecular weight excluding hydrogens is 188 g/mol. The van der Waals surface area contributed by atoms with Crippen molar-refractivity contribution in [3.8, 4) is 0 Å². The monoisotopic (exact) mass is 208 g/mol. The molecule has 0 spiro atoms. The third-order valence-corrected chi connectivity index (χ3v) is 1.95. The Morgan fingerprint density at radius 3 is 2.87 bits per heavy atom. The van der Waals surface area contributed by atoms with Gasteiger partial charge in [0.15, 0.2) is 0 Å². The van der Waals surface area contributed by atoms with E-state index < -0.39 is 0 Å². The molecule has 0 atom stereocenters. The van der Waals surface area contributed by atoms with Gasteiger partial charge in [0, 0.05) is 12.7 Å². The van der Waals surface area contributed by atoms with Gasteiger partial charge in [-0.05, 0) is 33.1 Å². The first-order chi connectivity index (χ1) is 7.22. The Morgan fingerprint density at radius 2 is 2.20 bits per heavy atom. The maximum Gasteiger partial charge on any atom is 0.142 e. The molecule has 1 aromatic rings. The fourth-order valence-corrected chi connectivity index (χ4v) is 1.29. The summed E-state index contributed by atoms with van der Waals surface area (Å²) in [5.74, 6) is 0.885. The lowest BCUT2D eigenvalue weighted by Crippen LogP contribution is -2.17. The van der Waals surface area contributed by atoms with E-state index in [4.69, 9.17) is 0 Å². The van der Waals surface area contributed by atoms with E-state index in [9.17, 15) is 0 Å². The topological polar surface area (TPSA) is 41.1 Å². The molecule has 0 aliphatic carbocycles. The van der Waals surface area contributed by atoms with Crippen LogP contribution in [0.1, 0.15) is 24.9 Å². The summed E-state index contributed by atoms with van der Waals surface area (Å²) in [4.78, 5) is 10.8. The van der Waals surface area contributed by atoms with Crippen LogP contribution in [0.25, 0.3) is 0 Å². The molecule has 0 unspecified atom stereocenters. The zero-order valence-corrected chi connectivity index (χ0v) is 9.82. The Labute approximate surface area is 91.7 Å². The van der Waals surface area contributed by atoms with E-state index in [0.717, 1.165) is 37.6 Å². The van der Waals surface area contributed by atoms with Gasteiger partial charge in [0.2, 0.25) is 0 Å². The van der Waals surface area contributed by atoms with Gasteiger partial charge < -0.3 is 10.2 Å². The quantitative estimate of drug-likeness (QED) is 0.709. The van der Waals surface area contributed by atoms with Crippen molar-refractivity contribution in [2.24, 2.45) is 0 Å². The minimum absolute atomic E-state index is 0.793. The zero-order chi connectivity index (χ0) is 11.1. The number of rotatable bonds is 6. The highest BCUT2D eigenvalue weighted by atomic mass is 15.1. The lowest BCUT2D eigenvalue weighted by molar-refractivity contribution is 0.389. The van der Waals surface area contributed by atoms with Crippen LogP contribution < -0.4 is 5.32 Å². The normalized spacial score (nSPS) is 10.9. The first kappa shape index (κ1) is 12.1. The minimum Gasteiger partial charge on any atom is -0.311 e. The molecule has 1 aromatic heterocycles. The maximum absolute atomic E-state index is 4.47. The predicted octanol–water partition coefficient (Wildman–Crippen LogP) is 1.04. The van der Waals surface area contributed by atoms with E-state index in [1.165, 1.54) is 0 Å². The van der Waals surface area contributed by atoms with Crippen LogP contribution in [0, 0.1) is 0 Å². The summed E-state index contributed by atoms with van der Waals surface area (Å²) < 4.78 is 0. The first-order valence-corrected chi connectivity index (χ1v) is 5.38. The highest BCUT2D eigenvalue weighted by molar-refractivity contribution is 5.02. The third kappa shape index (κ3) is 4.85. The van der Waals surface area contributed by atoms with E-state index in [0.29, 0.717) is 0 Å². The molecule has 0 aromatic carbocycles. The van der Waals surface area contributed by atoms with Crippen LogP contribution in [0.15, 0.2) is 12.3 Å². The number of nitrogens with zero attached hydrogens (tertiary/aromatic N) is 3. The average Bonchev–Trinajstić information content (AvgIpc) is 2.18. The summed E-state index contributed by atoms with van der Waals surface area (Å²) in [5.41, 5.74) is 1.07. The van der Waals surface area contributed by atoms with Crippen LogP contribution >= 0.6 is 0 Å². The molecule has 0 radical (unpaired) electrons. The van der Waals surface area contributed by atoms with Crippen molar-refractivity contribution >= 4 is 0 Å². The van der Waals surface area contributed by atoms with Crippen LogP contribution in [0.2, 0.25) is 0 Å². The lowest BCUT2D eigenvalue weighted by Gasteiger charge is -2.09. The second kappa shape index (κ2) is 6.48. The van der Waals surface area contributed by atoms with Gasteiger partial charge in [0.1, 0.15) is 5.82 Å². The van der Waals surface area contributed by atoms with E-state index in [-0.39, 0.29) is 0 Å². The second-order valence-corrected chi connectivity index (χ2v) is 3.88. The smallest absolute Gasteiger partial charge is 0.142 e. The highest BCUT2D eigenvalue weighted by Crippen LogP contribution is 1.97. The van der Waals surface area contributed by atoms with Crippen molar-refractivity contribution in [1.82, 2.24) is 20.2 Å². The number of hydrogen-bond donors (Lipinski definition) is 1. The molecule has 4 nitrogen and oxygen atoms in total. The van der Waals surface area contributed by atoms with Gasteiger partial charge in [0.25, 0.3) is 0 Å². The molecule has 4 heteroatoms. The Hall–Kier alpha value is -1.00. The molecule has 1 rings (SSSR count). The van der Waals surface area contributed by atoms with Crippen LogP contribution in [0.3, 0.4) is 0 Å². The van der Waals surface area contributed by atoms with Crippen molar-refractivity contribution < 1.29 is 0 Å². The molecule has 0 fully saturated rings. The Kier molecular flexibility index (Phi) is 5.21. The molecule has 0 saturated carbocycles. The standard InChI is InChI=1S/C11H20N4/c1-4-6-12-8-10-5-7-13-11(14-10)9-15(2)3/h5,7,12H,4,6,8-9H2,1-3H3. The molecule has 0 bridgehead atoms. The van der Waals surface area contributed by atoms with Crippen LogP contribution in [-0.4, -0.2) is 35.5 Å². The summed E-state index contributed by atoms with van der Waals surface area (Å²) in [5, 5.41) is 3.33. The van der Waals surface area contributed by atoms with Gasteiger partial charge in [-0.1, -0.05) is 6.92 Å². The van der Waals surface area contributed by atoms with E-state index in [2.05, 4.69) is 27.1 Å². The molecule has 84 valence electrons. The Morgan fingerprint density at radius 1 is 1.40 bits per heavy atom. The lowest BCUT2D eigenvalue weighted by atomic mass is 10.3. The zero-order valence-electron chi connectivity index (χ0n) is 9.82. The maximum atomic E-state index is 4.47. The van der Waals surface area contributed by atoms with Crippen LogP contribution in [0.5, 0.6) is 0 Å². The van der Waals surface area contributed by atoms with E-state index >= 15 is 0 Å². The third-order valence-electron chi connectivity index (χ3n) is 1.95. The highest BCUT2D eigenvalue weighted by Gasteiger charge is 2.00. The summed E-state index contributed by atoms with van der Waals surface area (Å²) in [7, 11) is 4.04. The molecule has 0 amide bonds. The molecule has 0 saturated heterocycles. The average molecular weight is 208 g/mol. The van der Waals surface area contributed by atoms with Gasteiger partial charge >= 0.3 is 0 Å². The molecule has 15 heavy (non-hydrogen) atoms. The summed E-state index contributed by atoms with van der Waals surface area (Å²) in [6.07, 6.45) is 2.98. The largest absolute Gasteiger partial charge is 0.311 e. The summed E-state index contributed by atoms with van der Waals surface area (Å²) >= 11 is 0. The van der Waals surface area contributed by atoms with Crippen molar-refractivity contribution in [1.29, 1.82) is 0 Å². The fraction of sp³-hybridized carbons (Fsp3) is 0.636.